The lowest BCUT2D eigenvalue weighted by Gasteiger charge is -2.09. The van der Waals surface area contributed by atoms with Crippen molar-refractivity contribution in [3.05, 3.63) is 29.8 Å². The van der Waals surface area contributed by atoms with E-state index in [1.165, 1.54) is 7.11 Å². The topological polar surface area (TPSA) is 35.5 Å². The van der Waals surface area contributed by atoms with Crippen molar-refractivity contribution in [3.8, 4) is 5.75 Å². The average molecular weight is 208 g/mol. The van der Waals surface area contributed by atoms with Crippen molar-refractivity contribution in [3.63, 3.8) is 0 Å². The zero-order chi connectivity index (χ0) is 11.3. The van der Waals surface area contributed by atoms with Crippen molar-refractivity contribution in [2.45, 2.75) is 20.0 Å². The molecule has 3 heteroatoms. The number of hydrogen-bond acceptors (Lipinski definition) is 3. The van der Waals surface area contributed by atoms with E-state index in [9.17, 15) is 4.79 Å². The Morgan fingerprint density at radius 2 is 1.87 bits per heavy atom. The molecule has 0 heterocycles. The van der Waals surface area contributed by atoms with Crippen molar-refractivity contribution in [2.75, 3.05) is 13.7 Å². The van der Waals surface area contributed by atoms with Gasteiger partial charge in [0.2, 0.25) is 0 Å². The van der Waals surface area contributed by atoms with Crippen LogP contribution >= 0.6 is 0 Å². The van der Waals surface area contributed by atoms with E-state index in [0.29, 0.717) is 5.56 Å². The molecule has 1 aromatic rings. The molecule has 0 fully saturated rings. The Bertz CT molecular complexity index is 314. The molecule has 3 nitrogen and oxygen atoms in total. The van der Waals surface area contributed by atoms with Crippen molar-refractivity contribution < 1.29 is 14.3 Å². The van der Waals surface area contributed by atoms with E-state index >= 15 is 0 Å². The lowest BCUT2D eigenvalue weighted by atomic mass is 10.1. The number of ketones is 1. The van der Waals surface area contributed by atoms with Crippen LogP contribution in [0.5, 0.6) is 5.75 Å². The molecule has 0 aliphatic carbocycles. The highest BCUT2D eigenvalue weighted by Gasteiger charge is 2.05. The van der Waals surface area contributed by atoms with Gasteiger partial charge in [0.05, 0.1) is 6.10 Å². The lowest BCUT2D eigenvalue weighted by molar-refractivity contribution is 0.0848. The van der Waals surface area contributed by atoms with Gasteiger partial charge < -0.3 is 9.47 Å². The molecule has 0 spiro atoms. The third-order valence-electron chi connectivity index (χ3n) is 1.82. The Morgan fingerprint density at radius 3 is 2.33 bits per heavy atom. The Kier molecular flexibility index (Phi) is 4.31. The van der Waals surface area contributed by atoms with Gasteiger partial charge in [-0.15, -0.1) is 0 Å². The summed E-state index contributed by atoms with van der Waals surface area (Å²) >= 11 is 0. The summed E-state index contributed by atoms with van der Waals surface area (Å²) in [7, 11) is 1.51. The summed E-state index contributed by atoms with van der Waals surface area (Å²) in [5.74, 6) is 0.757. The maximum absolute atomic E-state index is 11.4. The van der Waals surface area contributed by atoms with E-state index in [1.54, 1.807) is 24.3 Å². The average Bonchev–Trinajstić information content (AvgIpc) is 2.18. The van der Waals surface area contributed by atoms with Crippen LogP contribution in [0.3, 0.4) is 0 Å². The van der Waals surface area contributed by atoms with E-state index < -0.39 is 0 Å². The first-order valence-electron chi connectivity index (χ1n) is 4.92. The van der Waals surface area contributed by atoms with Crippen LogP contribution in [0, 0.1) is 0 Å². The van der Waals surface area contributed by atoms with Crippen molar-refractivity contribution in [1.82, 2.24) is 0 Å². The lowest BCUT2D eigenvalue weighted by Crippen LogP contribution is -2.08. The molecule has 0 atom stereocenters. The second kappa shape index (κ2) is 5.51. The fourth-order valence-corrected chi connectivity index (χ4v) is 1.21. The van der Waals surface area contributed by atoms with Gasteiger partial charge in [-0.2, -0.15) is 0 Å². The van der Waals surface area contributed by atoms with Crippen molar-refractivity contribution in [2.24, 2.45) is 0 Å². The predicted octanol–water partition coefficient (Wildman–Crippen LogP) is 2.30. The highest BCUT2D eigenvalue weighted by atomic mass is 16.5. The number of methoxy groups -OCH3 is 1. The van der Waals surface area contributed by atoms with Crippen LogP contribution in [-0.2, 0) is 4.74 Å². The van der Waals surface area contributed by atoms with Gasteiger partial charge in [-0.1, -0.05) is 0 Å². The number of benzene rings is 1. The minimum Gasteiger partial charge on any atom is -0.491 e. The molecule has 0 aliphatic heterocycles. The second-order valence-corrected chi connectivity index (χ2v) is 3.55. The minimum atomic E-state index is -0.0198. The number of carbonyl (C=O) groups excluding carboxylic acids is 1. The van der Waals surface area contributed by atoms with Crippen LogP contribution in [0.2, 0.25) is 0 Å². The Balaban J connectivity index is 2.67. The summed E-state index contributed by atoms with van der Waals surface area (Å²) in [5, 5.41) is 0. The van der Waals surface area contributed by atoms with E-state index in [1.807, 2.05) is 13.8 Å². The molecule has 0 aliphatic rings. The smallest absolute Gasteiger partial charge is 0.188 e. The fourth-order valence-electron chi connectivity index (χ4n) is 1.21. The molecule has 0 saturated heterocycles. The second-order valence-electron chi connectivity index (χ2n) is 3.55. The quantitative estimate of drug-likeness (QED) is 0.696. The molecule has 0 bridgehead atoms. The molecular weight excluding hydrogens is 192 g/mol. The fraction of sp³-hybridized carbons (Fsp3) is 0.417. The minimum absolute atomic E-state index is 0.0198. The third-order valence-corrected chi connectivity index (χ3v) is 1.82. The summed E-state index contributed by atoms with van der Waals surface area (Å²) < 4.78 is 10.2. The first-order chi connectivity index (χ1) is 7.13. The van der Waals surface area contributed by atoms with Gasteiger partial charge >= 0.3 is 0 Å². The monoisotopic (exact) mass is 208 g/mol. The molecule has 0 saturated carbocycles. The highest BCUT2D eigenvalue weighted by molar-refractivity contribution is 5.97. The molecule has 15 heavy (non-hydrogen) atoms. The molecule has 1 rings (SSSR count). The Morgan fingerprint density at radius 1 is 1.27 bits per heavy atom. The van der Waals surface area contributed by atoms with Gasteiger partial charge in [-0.05, 0) is 38.1 Å². The van der Waals surface area contributed by atoms with Crippen LogP contribution < -0.4 is 4.74 Å². The molecule has 0 N–H and O–H groups in total. The molecule has 0 amide bonds. The zero-order valence-corrected chi connectivity index (χ0v) is 9.32. The van der Waals surface area contributed by atoms with Crippen LogP contribution in [0.4, 0.5) is 0 Å². The zero-order valence-electron chi connectivity index (χ0n) is 9.32. The van der Waals surface area contributed by atoms with Gasteiger partial charge in [0.1, 0.15) is 12.4 Å². The van der Waals surface area contributed by atoms with Gasteiger partial charge in [0.15, 0.2) is 5.78 Å². The molecule has 0 aromatic heterocycles. The first-order valence-corrected chi connectivity index (χ1v) is 4.92. The van der Waals surface area contributed by atoms with Gasteiger partial charge in [0.25, 0.3) is 0 Å². The Labute approximate surface area is 90.0 Å². The van der Waals surface area contributed by atoms with Gasteiger partial charge in [0, 0.05) is 12.7 Å². The molecular formula is C12H16O3. The van der Waals surface area contributed by atoms with E-state index in [4.69, 9.17) is 9.47 Å². The standard InChI is InChI=1S/C12H16O3/c1-9(2)15-11-6-4-10(5-7-11)12(13)8-14-3/h4-7,9H,8H2,1-3H3. The number of hydrogen-bond donors (Lipinski definition) is 0. The largest absolute Gasteiger partial charge is 0.491 e. The van der Waals surface area contributed by atoms with Crippen molar-refractivity contribution in [1.29, 1.82) is 0 Å². The maximum atomic E-state index is 11.4. The van der Waals surface area contributed by atoms with E-state index in [2.05, 4.69) is 0 Å². The van der Waals surface area contributed by atoms with Crippen LogP contribution in [0.1, 0.15) is 24.2 Å². The highest BCUT2D eigenvalue weighted by Crippen LogP contribution is 2.14. The van der Waals surface area contributed by atoms with Crippen LogP contribution in [0.25, 0.3) is 0 Å². The summed E-state index contributed by atoms with van der Waals surface area (Å²) in [6.45, 7) is 4.04. The van der Waals surface area contributed by atoms with Gasteiger partial charge in [-0.3, -0.25) is 4.79 Å². The normalized spacial score (nSPS) is 10.4. The van der Waals surface area contributed by atoms with E-state index in [0.717, 1.165) is 5.75 Å². The summed E-state index contributed by atoms with van der Waals surface area (Å²) in [4.78, 5) is 11.4. The summed E-state index contributed by atoms with van der Waals surface area (Å²) in [6, 6.07) is 7.09. The van der Waals surface area contributed by atoms with Crippen LogP contribution in [-0.4, -0.2) is 25.6 Å². The Hall–Kier alpha value is -1.35. The van der Waals surface area contributed by atoms with Gasteiger partial charge in [-0.25, -0.2) is 0 Å². The number of Topliss-reactive ketones (excluding diaryl/α,β-unsaturated/α-hetero) is 1. The summed E-state index contributed by atoms with van der Waals surface area (Å²) in [6.07, 6.45) is 0.144. The SMILES string of the molecule is COCC(=O)c1ccc(OC(C)C)cc1. The number of rotatable bonds is 5. The van der Waals surface area contributed by atoms with E-state index in [-0.39, 0.29) is 18.5 Å². The van der Waals surface area contributed by atoms with Crippen molar-refractivity contribution >= 4 is 5.78 Å². The number of ether oxygens (including phenoxy) is 2. The molecule has 82 valence electrons. The van der Waals surface area contributed by atoms with Crippen LogP contribution in [0.15, 0.2) is 24.3 Å². The third kappa shape index (κ3) is 3.72. The molecule has 0 unspecified atom stereocenters. The number of carbonyl (C=O) groups is 1. The molecule has 0 radical (unpaired) electrons. The first kappa shape index (κ1) is 11.7. The summed E-state index contributed by atoms with van der Waals surface area (Å²) in [5.41, 5.74) is 0.646. The predicted molar refractivity (Wildman–Crippen MR) is 58.4 cm³/mol. The maximum Gasteiger partial charge on any atom is 0.188 e. The molecule has 1 aromatic carbocycles.